The molecule has 5 nitrogen and oxygen atoms in total. The molecule has 1 aliphatic carbocycles. The lowest BCUT2D eigenvalue weighted by Crippen LogP contribution is -2.23. The highest BCUT2D eigenvalue weighted by Crippen LogP contribution is 2.37. The van der Waals surface area contributed by atoms with Crippen molar-refractivity contribution in [3.8, 4) is 17.0 Å². The SMILES string of the molecule is CCc1ccc(-c2ccc(C(F)(F)F)c(CNCCOc3ccc4c(c3)CC[C@H]4CC(=O)O)n2)cc1. The molecule has 0 radical (unpaired) electrons. The van der Waals surface area contributed by atoms with Gasteiger partial charge in [0.25, 0.3) is 0 Å². The Morgan fingerprint density at radius 3 is 2.61 bits per heavy atom. The van der Waals surface area contributed by atoms with Crippen molar-refractivity contribution >= 4 is 5.97 Å². The molecule has 1 aromatic heterocycles. The fourth-order valence-corrected chi connectivity index (χ4v) is 4.61. The number of nitrogens with zero attached hydrogens (tertiary/aromatic N) is 1. The van der Waals surface area contributed by atoms with Crippen molar-refractivity contribution in [1.29, 1.82) is 0 Å². The maximum Gasteiger partial charge on any atom is 0.418 e. The zero-order chi connectivity index (χ0) is 25.7. The van der Waals surface area contributed by atoms with Crippen LogP contribution < -0.4 is 10.1 Å². The Morgan fingerprint density at radius 1 is 1.14 bits per heavy atom. The lowest BCUT2D eigenvalue weighted by Gasteiger charge is -2.15. The van der Waals surface area contributed by atoms with E-state index in [0.29, 0.717) is 18.0 Å². The minimum absolute atomic E-state index is 0.0314. The van der Waals surface area contributed by atoms with E-state index >= 15 is 0 Å². The first kappa shape index (κ1) is 25.7. The number of hydrogen-bond donors (Lipinski definition) is 2. The molecule has 0 amide bonds. The number of carboxylic acid groups (broad SMARTS) is 1. The van der Waals surface area contributed by atoms with Crippen LogP contribution in [-0.4, -0.2) is 29.2 Å². The molecular formula is C28H29F3N2O3. The van der Waals surface area contributed by atoms with Crippen LogP contribution in [-0.2, 0) is 30.4 Å². The van der Waals surface area contributed by atoms with Crippen LogP contribution in [0.15, 0.2) is 54.6 Å². The Morgan fingerprint density at radius 2 is 1.92 bits per heavy atom. The van der Waals surface area contributed by atoms with E-state index in [1.807, 2.05) is 49.4 Å². The Labute approximate surface area is 208 Å². The van der Waals surface area contributed by atoms with Crippen LogP contribution in [0.3, 0.4) is 0 Å². The fourth-order valence-electron chi connectivity index (χ4n) is 4.61. The van der Waals surface area contributed by atoms with Crippen molar-refractivity contribution in [2.45, 2.75) is 51.2 Å². The lowest BCUT2D eigenvalue weighted by molar-refractivity contribution is -0.139. The molecule has 0 aliphatic heterocycles. The van der Waals surface area contributed by atoms with Crippen molar-refractivity contribution in [2.24, 2.45) is 0 Å². The molecule has 0 spiro atoms. The summed E-state index contributed by atoms with van der Waals surface area (Å²) in [6.07, 6.45) is -1.87. The number of hydrogen-bond acceptors (Lipinski definition) is 4. The lowest BCUT2D eigenvalue weighted by atomic mass is 9.98. The molecule has 190 valence electrons. The molecule has 8 heteroatoms. The maximum atomic E-state index is 13.6. The van der Waals surface area contributed by atoms with Crippen molar-refractivity contribution in [1.82, 2.24) is 10.3 Å². The number of halogens is 3. The molecular weight excluding hydrogens is 469 g/mol. The fraction of sp³-hybridized carbons (Fsp3) is 0.357. The van der Waals surface area contributed by atoms with Gasteiger partial charge in [-0.25, -0.2) is 0 Å². The minimum Gasteiger partial charge on any atom is -0.492 e. The van der Waals surface area contributed by atoms with Crippen molar-refractivity contribution in [3.63, 3.8) is 0 Å². The quantitative estimate of drug-likeness (QED) is 0.336. The van der Waals surface area contributed by atoms with Crippen LogP contribution >= 0.6 is 0 Å². The predicted molar refractivity (Wildman–Crippen MR) is 131 cm³/mol. The van der Waals surface area contributed by atoms with Gasteiger partial charge in [0.15, 0.2) is 0 Å². The van der Waals surface area contributed by atoms with Gasteiger partial charge in [0.05, 0.1) is 23.4 Å². The molecule has 0 unspecified atom stereocenters. The first-order valence-corrected chi connectivity index (χ1v) is 12.1. The third-order valence-electron chi connectivity index (χ3n) is 6.51. The minimum atomic E-state index is -4.49. The van der Waals surface area contributed by atoms with Crippen LogP contribution in [0.1, 0.15) is 53.6 Å². The highest BCUT2D eigenvalue weighted by Gasteiger charge is 2.34. The second kappa shape index (κ2) is 11.1. The maximum absolute atomic E-state index is 13.6. The number of ether oxygens (including phenoxy) is 1. The Bertz CT molecular complexity index is 1210. The van der Waals surface area contributed by atoms with Crippen molar-refractivity contribution < 1.29 is 27.8 Å². The average molecular weight is 499 g/mol. The number of aliphatic carboxylic acids is 1. The highest BCUT2D eigenvalue weighted by molar-refractivity contribution is 5.68. The number of carboxylic acids is 1. The van der Waals surface area contributed by atoms with E-state index in [-0.39, 0.29) is 31.2 Å². The topological polar surface area (TPSA) is 71.5 Å². The number of aryl methyl sites for hydroxylation is 2. The molecule has 1 aliphatic rings. The van der Waals surface area contributed by atoms with E-state index in [0.717, 1.165) is 47.6 Å². The van der Waals surface area contributed by atoms with Gasteiger partial charge in [-0.3, -0.25) is 9.78 Å². The van der Waals surface area contributed by atoms with Gasteiger partial charge in [-0.05, 0) is 66.1 Å². The van der Waals surface area contributed by atoms with E-state index in [1.165, 1.54) is 6.07 Å². The summed E-state index contributed by atoms with van der Waals surface area (Å²) in [6, 6.07) is 15.8. The van der Waals surface area contributed by atoms with Crippen molar-refractivity contribution in [3.05, 3.63) is 82.5 Å². The van der Waals surface area contributed by atoms with Crippen LogP contribution in [0.2, 0.25) is 0 Å². The van der Waals surface area contributed by atoms with Gasteiger partial charge in [0.1, 0.15) is 12.4 Å². The van der Waals surface area contributed by atoms with Gasteiger partial charge in [-0.1, -0.05) is 37.3 Å². The first-order chi connectivity index (χ1) is 17.2. The monoisotopic (exact) mass is 498 g/mol. The van der Waals surface area contributed by atoms with E-state index in [4.69, 9.17) is 9.84 Å². The predicted octanol–water partition coefficient (Wildman–Crippen LogP) is 6.00. The number of aromatic nitrogens is 1. The zero-order valence-electron chi connectivity index (χ0n) is 20.1. The summed E-state index contributed by atoms with van der Waals surface area (Å²) in [7, 11) is 0. The summed E-state index contributed by atoms with van der Waals surface area (Å²) in [4.78, 5) is 15.4. The average Bonchev–Trinajstić information content (AvgIpc) is 3.24. The molecule has 2 aromatic carbocycles. The second-order valence-corrected chi connectivity index (χ2v) is 8.96. The third-order valence-corrected chi connectivity index (χ3v) is 6.51. The highest BCUT2D eigenvalue weighted by atomic mass is 19.4. The number of alkyl halides is 3. The molecule has 4 rings (SSSR count). The van der Waals surface area contributed by atoms with Crippen LogP contribution in [0.4, 0.5) is 13.2 Å². The number of pyridine rings is 1. The van der Waals surface area contributed by atoms with Gasteiger partial charge in [-0.2, -0.15) is 13.2 Å². The van der Waals surface area contributed by atoms with Gasteiger partial charge in [0, 0.05) is 18.7 Å². The van der Waals surface area contributed by atoms with Crippen LogP contribution in [0.5, 0.6) is 5.75 Å². The van der Waals surface area contributed by atoms with E-state index < -0.39 is 17.7 Å². The summed E-state index contributed by atoms with van der Waals surface area (Å²) in [5.41, 5.74) is 3.76. The van der Waals surface area contributed by atoms with Gasteiger partial charge in [-0.15, -0.1) is 0 Å². The second-order valence-electron chi connectivity index (χ2n) is 8.96. The number of benzene rings is 2. The molecule has 0 saturated heterocycles. The smallest absolute Gasteiger partial charge is 0.418 e. The summed E-state index contributed by atoms with van der Waals surface area (Å²) in [5.74, 6) is -0.107. The Hall–Kier alpha value is -3.39. The summed E-state index contributed by atoms with van der Waals surface area (Å²) in [5, 5.41) is 12.1. The normalized spacial score (nSPS) is 15.1. The van der Waals surface area contributed by atoms with Gasteiger partial charge in [0.2, 0.25) is 0 Å². The van der Waals surface area contributed by atoms with Crippen LogP contribution in [0, 0.1) is 0 Å². The molecule has 2 N–H and O–H groups in total. The third kappa shape index (κ3) is 6.23. The number of fused-ring (bicyclic) bond motifs is 1. The van der Waals surface area contributed by atoms with E-state index in [1.54, 1.807) is 0 Å². The number of nitrogens with one attached hydrogen (secondary N) is 1. The molecule has 3 aromatic rings. The first-order valence-electron chi connectivity index (χ1n) is 12.1. The summed E-state index contributed by atoms with van der Waals surface area (Å²) >= 11 is 0. The van der Waals surface area contributed by atoms with Gasteiger partial charge < -0.3 is 15.2 Å². The summed E-state index contributed by atoms with van der Waals surface area (Å²) in [6.45, 7) is 2.62. The molecule has 36 heavy (non-hydrogen) atoms. The van der Waals surface area contributed by atoms with Gasteiger partial charge >= 0.3 is 12.1 Å². The molecule has 0 fully saturated rings. The largest absolute Gasteiger partial charge is 0.492 e. The molecule has 1 heterocycles. The van der Waals surface area contributed by atoms with Crippen LogP contribution in [0.25, 0.3) is 11.3 Å². The number of rotatable bonds is 10. The Balaban J connectivity index is 1.36. The van der Waals surface area contributed by atoms with Crippen molar-refractivity contribution in [2.75, 3.05) is 13.2 Å². The molecule has 1 atom stereocenters. The summed E-state index contributed by atoms with van der Waals surface area (Å²) < 4.78 is 46.5. The van der Waals surface area contributed by atoms with E-state index in [2.05, 4.69) is 10.3 Å². The zero-order valence-corrected chi connectivity index (χ0v) is 20.1. The molecule has 0 saturated carbocycles. The number of carbonyl (C=O) groups is 1. The molecule has 0 bridgehead atoms. The standard InChI is InChI=1S/C28H29F3N2O3/c1-2-18-3-5-19(6-4-18)25-12-11-24(28(29,30)31)26(33-25)17-32-13-14-36-22-9-10-23-20(15-22)7-8-21(23)16-27(34)35/h3-6,9-12,15,21,32H,2,7-8,13-14,16-17H2,1H3,(H,34,35)/t21-/m0/s1. The van der Waals surface area contributed by atoms with E-state index in [9.17, 15) is 18.0 Å². The Kier molecular flexibility index (Phi) is 7.94.